The molecule has 0 spiro atoms. The van der Waals surface area contributed by atoms with E-state index in [-0.39, 0.29) is 0 Å². The third kappa shape index (κ3) is 0.942. The van der Waals surface area contributed by atoms with Crippen molar-refractivity contribution in [1.82, 2.24) is 0 Å². The van der Waals surface area contributed by atoms with E-state index in [1.807, 2.05) is 0 Å². The Bertz CT molecular complexity index is 435. The zero-order chi connectivity index (χ0) is 9.54. The smallest absolute Gasteiger partial charge is 0.00698 e. The molecular weight excluding hydrogens is 168 g/mol. The third-order valence-corrected chi connectivity index (χ3v) is 3.43. The van der Waals surface area contributed by atoms with Crippen LogP contribution in [0.2, 0.25) is 0 Å². The molecule has 1 aromatic rings. The molecule has 70 valence electrons. The zero-order valence-corrected chi connectivity index (χ0v) is 8.46. The zero-order valence-electron chi connectivity index (χ0n) is 8.46. The first-order valence-corrected chi connectivity index (χ1v) is 5.37. The van der Waals surface area contributed by atoms with Gasteiger partial charge in [-0.2, -0.15) is 0 Å². The van der Waals surface area contributed by atoms with Gasteiger partial charge in [-0.25, -0.2) is 0 Å². The summed E-state index contributed by atoms with van der Waals surface area (Å²) in [6.45, 7) is 2.32. The van der Waals surface area contributed by atoms with Crippen LogP contribution in [-0.4, -0.2) is 0 Å². The molecule has 2 aliphatic rings. The Morgan fingerprint density at radius 1 is 1.21 bits per heavy atom. The Morgan fingerprint density at radius 2 is 2.07 bits per heavy atom. The van der Waals surface area contributed by atoms with Gasteiger partial charge in [0.05, 0.1) is 0 Å². The lowest BCUT2D eigenvalue weighted by Gasteiger charge is -2.10. The standard InChI is InChI=1S/C14H14/c1-10-11-6-2-4-8-13(11)14-9-5-3-7-12(10)14/h2-4,6-8,10H,5,9H2,1H3. The Kier molecular flexibility index (Phi) is 1.63. The lowest BCUT2D eigenvalue weighted by Crippen LogP contribution is -1.91. The first-order chi connectivity index (χ1) is 6.88. The van der Waals surface area contributed by atoms with Gasteiger partial charge >= 0.3 is 0 Å². The van der Waals surface area contributed by atoms with E-state index >= 15 is 0 Å². The first kappa shape index (κ1) is 8.05. The number of allylic oxidation sites excluding steroid dienone is 4. The molecule has 0 heteroatoms. The van der Waals surface area contributed by atoms with Crippen LogP contribution in [0.15, 0.2) is 42.0 Å². The van der Waals surface area contributed by atoms with Gasteiger partial charge < -0.3 is 0 Å². The minimum atomic E-state index is 0.609. The van der Waals surface area contributed by atoms with E-state index in [0.29, 0.717) is 5.92 Å². The lowest BCUT2D eigenvalue weighted by molar-refractivity contribution is 0.930. The van der Waals surface area contributed by atoms with Gasteiger partial charge in [-0.3, -0.25) is 0 Å². The summed E-state index contributed by atoms with van der Waals surface area (Å²) in [5, 5.41) is 0. The first-order valence-electron chi connectivity index (χ1n) is 5.37. The summed E-state index contributed by atoms with van der Waals surface area (Å²) in [7, 11) is 0. The summed E-state index contributed by atoms with van der Waals surface area (Å²) in [6.07, 6.45) is 7.07. The topological polar surface area (TPSA) is 0 Å². The largest absolute Gasteiger partial charge is 0.0839 e. The van der Waals surface area contributed by atoms with Gasteiger partial charge in [0.25, 0.3) is 0 Å². The molecule has 0 fully saturated rings. The van der Waals surface area contributed by atoms with Gasteiger partial charge in [-0.05, 0) is 35.1 Å². The van der Waals surface area contributed by atoms with Crippen molar-refractivity contribution in [3.8, 4) is 0 Å². The Balaban J connectivity index is 2.23. The molecule has 0 saturated heterocycles. The second kappa shape index (κ2) is 2.84. The van der Waals surface area contributed by atoms with Crippen molar-refractivity contribution in [2.75, 3.05) is 0 Å². The number of hydrogen-bond acceptors (Lipinski definition) is 0. The Morgan fingerprint density at radius 3 is 3.00 bits per heavy atom. The van der Waals surface area contributed by atoms with Crippen LogP contribution in [0.3, 0.4) is 0 Å². The molecule has 0 N–H and O–H groups in total. The van der Waals surface area contributed by atoms with Crippen molar-refractivity contribution in [3.63, 3.8) is 0 Å². The SMILES string of the molecule is CC1C2=C(CCC=C2)c2ccccc21. The van der Waals surface area contributed by atoms with Gasteiger partial charge in [0, 0.05) is 5.92 Å². The van der Waals surface area contributed by atoms with Crippen molar-refractivity contribution in [2.24, 2.45) is 0 Å². The maximum absolute atomic E-state index is 2.32. The molecule has 0 amide bonds. The molecule has 1 unspecified atom stereocenters. The van der Waals surface area contributed by atoms with E-state index in [2.05, 4.69) is 43.3 Å². The minimum absolute atomic E-state index is 0.609. The second-order valence-electron chi connectivity index (χ2n) is 4.18. The number of hydrogen-bond donors (Lipinski definition) is 0. The molecule has 1 aromatic carbocycles. The molecule has 0 heterocycles. The maximum atomic E-state index is 2.32. The predicted molar refractivity (Wildman–Crippen MR) is 60.2 cm³/mol. The second-order valence-corrected chi connectivity index (χ2v) is 4.18. The van der Waals surface area contributed by atoms with Crippen molar-refractivity contribution < 1.29 is 0 Å². The van der Waals surface area contributed by atoms with Crippen LogP contribution in [0.5, 0.6) is 0 Å². The molecule has 3 rings (SSSR count). The molecule has 0 nitrogen and oxygen atoms in total. The van der Waals surface area contributed by atoms with Crippen LogP contribution < -0.4 is 0 Å². The van der Waals surface area contributed by atoms with Crippen LogP contribution in [-0.2, 0) is 0 Å². The maximum Gasteiger partial charge on any atom is 0.00698 e. The van der Waals surface area contributed by atoms with Crippen LogP contribution >= 0.6 is 0 Å². The summed E-state index contributed by atoms with van der Waals surface area (Å²) in [5.74, 6) is 0.609. The van der Waals surface area contributed by atoms with E-state index in [4.69, 9.17) is 0 Å². The van der Waals surface area contributed by atoms with Crippen molar-refractivity contribution in [3.05, 3.63) is 53.1 Å². The molecule has 0 aliphatic heterocycles. The number of benzene rings is 1. The fourth-order valence-corrected chi connectivity index (χ4v) is 2.70. The summed E-state index contributed by atoms with van der Waals surface area (Å²) in [4.78, 5) is 0. The molecule has 14 heavy (non-hydrogen) atoms. The molecule has 2 aliphatic carbocycles. The van der Waals surface area contributed by atoms with Gasteiger partial charge in [0.15, 0.2) is 0 Å². The fourth-order valence-electron chi connectivity index (χ4n) is 2.70. The normalized spacial score (nSPS) is 23.6. The highest BCUT2D eigenvalue weighted by molar-refractivity contribution is 5.81. The van der Waals surface area contributed by atoms with E-state index in [9.17, 15) is 0 Å². The van der Waals surface area contributed by atoms with Gasteiger partial charge in [-0.1, -0.05) is 43.3 Å². The van der Waals surface area contributed by atoms with Crippen LogP contribution in [0, 0.1) is 0 Å². The Labute approximate surface area is 85.0 Å². The minimum Gasteiger partial charge on any atom is -0.0839 e. The van der Waals surface area contributed by atoms with Crippen molar-refractivity contribution in [2.45, 2.75) is 25.7 Å². The average molecular weight is 182 g/mol. The van der Waals surface area contributed by atoms with Crippen LogP contribution in [0.4, 0.5) is 0 Å². The average Bonchev–Trinajstić information content (AvgIpc) is 2.55. The van der Waals surface area contributed by atoms with Gasteiger partial charge in [0.1, 0.15) is 0 Å². The number of rotatable bonds is 0. The summed E-state index contributed by atoms with van der Waals surface area (Å²) in [6, 6.07) is 8.84. The van der Waals surface area contributed by atoms with E-state index in [0.717, 1.165) is 0 Å². The van der Waals surface area contributed by atoms with E-state index < -0.39 is 0 Å². The third-order valence-electron chi connectivity index (χ3n) is 3.43. The van der Waals surface area contributed by atoms with E-state index in [1.54, 1.807) is 11.1 Å². The molecule has 0 bridgehead atoms. The summed E-state index contributed by atoms with van der Waals surface area (Å²) >= 11 is 0. The molecule has 0 radical (unpaired) electrons. The summed E-state index contributed by atoms with van der Waals surface area (Å²) < 4.78 is 0. The van der Waals surface area contributed by atoms with Crippen molar-refractivity contribution >= 4 is 5.57 Å². The molecular formula is C14H14. The van der Waals surface area contributed by atoms with Gasteiger partial charge in [-0.15, -0.1) is 0 Å². The molecule has 1 atom stereocenters. The highest BCUT2D eigenvalue weighted by Gasteiger charge is 2.26. The monoisotopic (exact) mass is 182 g/mol. The number of fused-ring (bicyclic) bond motifs is 2. The van der Waals surface area contributed by atoms with E-state index in [1.165, 1.54) is 24.0 Å². The lowest BCUT2D eigenvalue weighted by atomic mass is 9.94. The molecule has 0 aromatic heterocycles. The van der Waals surface area contributed by atoms with Crippen LogP contribution in [0.1, 0.15) is 36.8 Å². The molecule has 0 saturated carbocycles. The van der Waals surface area contributed by atoms with Gasteiger partial charge in [0.2, 0.25) is 0 Å². The predicted octanol–water partition coefficient (Wildman–Crippen LogP) is 3.91. The fraction of sp³-hybridized carbons (Fsp3) is 0.286. The highest BCUT2D eigenvalue weighted by atomic mass is 14.3. The van der Waals surface area contributed by atoms with Crippen LogP contribution in [0.25, 0.3) is 5.57 Å². The van der Waals surface area contributed by atoms with Crippen molar-refractivity contribution in [1.29, 1.82) is 0 Å². The Hall–Kier alpha value is -1.30. The summed E-state index contributed by atoms with van der Waals surface area (Å²) in [5.41, 5.74) is 6.16. The quantitative estimate of drug-likeness (QED) is 0.570. The highest BCUT2D eigenvalue weighted by Crippen LogP contribution is 2.45.